The van der Waals surface area contributed by atoms with Crippen molar-refractivity contribution >= 4 is 11.3 Å². The van der Waals surface area contributed by atoms with Gasteiger partial charge in [-0.15, -0.1) is 11.3 Å². The van der Waals surface area contributed by atoms with Gasteiger partial charge < -0.3 is 5.73 Å². The molecule has 0 aliphatic rings. The van der Waals surface area contributed by atoms with E-state index in [4.69, 9.17) is 5.73 Å². The number of benzene rings is 1. The van der Waals surface area contributed by atoms with Crippen molar-refractivity contribution in [2.75, 3.05) is 0 Å². The van der Waals surface area contributed by atoms with Crippen LogP contribution in [0.5, 0.6) is 0 Å². The lowest BCUT2D eigenvalue weighted by Crippen LogP contribution is -2.13. The molecule has 2 nitrogen and oxygen atoms in total. The molecule has 0 spiro atoms. The average Bonchev–Trinajstić information content (AvgIpc) is 2.68. The van der Waals surface area contributed by atoms with Crippen LogP contribution in [0.2, 0.25) is 0 Å². The molecule has 96 valence electrons. The van der Waals surface area contributed by atoms with Crippen LogP contribution in [0.3, 0.4) is 0 Å². The average molecular weight is 260 g/mol. The zero-order valence-corrected chi connectivity index (χ0v) is 12.1. The zero-order chi connectivity index (χ0) is 13.1. The second-order valence-electron chi connectivity index (χ2n) is 4.65. The van der Waals surface area contributed by atoms with Crippen molar-refractivity contribution < 1.29 is 0 Å². The van der Waals surface area contributed by atoms with Gasteiger partial charge in [0.2, 0.25) is 0 Å². The highest BCUT2D eigenvalue weighted by Crippen LogP contribution is 2.22. The van der Waals surface area contributed by atoms with Crippen LogP contribution in [0, 0.1) is 13.8 Å². The van der Waals surface area contributed by atoms with E-state index in [0.717, 1.165) is 23.5 Å². The maximum absolute atomic E-state index is 6.24. The number of hydrogen-bond donors (Lipinski definition) is 1. The van der Waals surface area contributed by atoms with Crippen molar-refractivity contribution in [2.45, 2.75) is 39.7 Å². The molecule has 0 aliphatic carbocycles. The summed E-state index contributed by atoms with van der Waals surface area (Å²) in [5.74, 6) is 0. The molecule has 0 saturated carbocycles. The minimum Gasteiger partial charge on any atom is -0.324 e. The fraction of sp³-hybridized carbons (Fsp3) is 0.400. The van der Waals surface area contributed by atoms with Crippen LogP contribution < -0.4 is 5.73 Å². The van der Waals surface area contributed by atoms with E-state index in [0.29, 0.717) is 0 Å². The van der Waals surface area contributed by atoms with Gasteiger partial charge in [0.25, 0.3) is 0 Å². The number of aryl methyl sites for hydroxylation is 3. The molecule has 1 heterocycles. The predicted molar refractivity (Wildman–Crippen MR) is 78.0 cm³/mol. The second kappa shape index (κ2) is 5.63. The number of hydrogen-bond acceptors (Lipinski definition) is 3. The Labute approximate surface area is 113 Å². The first kappa shape index (κ1) is 13.2. The Bertz CT molecular complexity index is 494. The molecule has 0 fully saturated rings. The summed E-state index contributed by atoms with van der Waals surface area (Å²) in [6.45, 7) is 6.32. The Morgan fingerprint density at radius 1 is 1.22 bits per heavy atom. The molecule has 1 aromatic carbocycles. The first-order chi connectivity index (χ1) is 8.60. The van der Waals surface area contributed by atoms with Crippen molar-refractivity contribution in [3.63, 3.8) is 0 Å². The minimum atomic E-state index is 0.0425. The lowest BCUT2D eigenvalue weighted by atomic mass is 10.0. The fourth-order valence-electron chi connectivity index (χ4n) is 1.93. The molecule has 2 rings (SSSR count). The van der Waals surface area contributed by atoms with Gasteiger partial charge >= 0.3 is 0 Å². The molecule has 18 heavy (non-hydrogen) atoms. The molecule has 1 unspecified atom stereocenters. The Morgan fingerprint density at radius 2 is 1.89 bits per heavy atom. The van der Waals surface area contributed by atoms with E-state index in [-0.39, 0.29) is 6.04 Å². The Morgan fingerprint density at radius 3 is 2.39 bits per heavy atom. The molecule has 0 saturated heterocycles. The molecule has 0 bridgehead atoms. The van der Waals surface area contributed by atoms with Gasteiger partial charge in [0.05, 0.1) is 10.7 Å². The quantitative estimate of drug-likeness (QED) is 0.913. The van der Waals surface area contributed by atoms with E-state index in [1.165, 1.54) is 16.0 Å². The van der Waals surface area contributed by atoms with Crippen molar-refractivity contribution in [3.8, 4) is 0 Å². The van der Waals surface area contributed by atoms with Crippen molar-refractivity contribution in [1.82, 2.24) is 4.98 Å². The van der Waals surface area contributed by atoms with Gasteiger partial charge in [0.15, 0.2) is 0 Å². The van der Waals surface area contributed by atoms with Crippen molar-refractivity contribution in [3.05, 3.63) is 51.0 Å². The molecule has 2 N–H and O–H groups in total. The van der Waals surface area contributed by atoms with E-state index in [1.54, 1.807) is 11.3 Å². The maximum Gasteiger partial charge on any atom is 0.0949 e. The number of thiazole rings is 1. The third kappa shape index (κ3) is 2.98. The second-order valence-corrected chi connectivity index (χ2v) is 5.94. The molecule has 1 atom stereocenters. The maximum atomic E-state index is 6.24. The van der Waals surface area contributed by atoms with E-state index in [9.17, 15) is 0 Å². The molecule has 2 aromatic rings. The summed E-state index contributed by atoms with van der Waals surface area (Å²) in [4.78, 5) is 5.84. The lowest BCUT2D eigenvalue weighted by molar-refractivity contribution is 0.716. The molecule has 0 aliphatic heterocycles. The fourth-order valence-corrected chi connectivity index (χ4v) is 2.93. The highest BCUT2D eigenvalue weighted by atomic mass is 32.1. The van der Waals surface area contributed by atoms with Crippen LogP contribution in [0.1, 0.15) is 39.7 Å². The first-order valence-corrected chi connectivity index (χ1v) is 7.19. The largest absolute Gasteiger partial charge is 0.324 e. The molecule has 3 heteroatoms. The van der Waals surface area contributed by atoms with Crippen molar-refractivity contribution in [2.24, 2.45) is 5.73 Å². The van der Waals surface area contributed by atoms with Crippen molar-refractivity contribution in [1.29, 1.82) is 0 Å². The molecule has 1 aromatic heterocycles. The first-order valence-electron chi connectivity index (χ1n) is 6.37. The van der Waals surface area contributed by atoms with Crippen LogP contribution in [0.4, 0.5) is 0 Å². The standard InChI is InChI=1S/C15H20N2S/c1-4-12-5-7-13(8-6-12)14(16)9-15-17-10(2)11(3)18-15/h5-8,14H,4,9,16H2,1-3H3. The molecule has 0 radical (unpaired) electrons. The van der Waals surface area contributed by atoms with Crippen LogP contribution in [-0.4, -0.2) is 4.98 Å². The predicted octanol–water partition coefficient (Wildman–Crippen LogP) is 3.56. The molecular weight excluding hydrogens is 240 g/mol. The Hall–Kier alpha value is -1.19. The highest BCUT2D eigenvalue weighted by Gasteiger charge is 2.11. The van der Waals surface area contributed by atoms with Gasteiger partial charge in [-0.3, -0.25) is 0 Å². The SMILES string of the molecule is CCc1ccc(C(N)Cc2nc(C)c(C)s2)cc1. The minimum absolute atomic E-state index is 0.0425. The van der Waals surface area contributed by atoms with Gasteiger partial charge in [-0.1, -0.05) is 31.2 Å². The highest BCUT2D eigenvalue weighted by molar-refractivity contribution is 7.11. The van der Waals surface area contributed by atoms with E-state index < -0.39 is 0 Å². The van der Waals surface area contributed by atoms with Crippen LogP contribution in [0.15, 0.2) is 24.3 Å². The number of nitrogens with zero attached hydrogens (tertiary/aromatic N) is 1. The topological polar surface area (TPSA) is 38.9 Å². The summed E-state index contributed by atoms with van der Waals surface area (Å²) < 4.78 is 0. The summed E-state index contributed by atoms with van der Waals surface area (Å²) in [6, 6.07) is 8.63. The Kier molecular flexibility index (Phi) is 4.15. The normalized spacial score (nSPS) is 12.7. The number of aromatic nitrogens is 1. The summed E-state index contributed by atoms with van der Waals surface area (Å²) in [5.41, 5.74) is 9.92. The van der Waals surface area contributed by atoms with Crippen LogP contribution in [-0.2, 0) is 12.8 Å². The zero-order valence-electron chi connectivity index (χ0n) is 11.2. The van der Waals surface area contributed by atoms with Gasteiger partial charge in [0, 0.05) is 17.3 Å². The summed E-state index contributed by atoms with van der Waals surface area (Å²) in [7, 11) is 0. The summed E-state index contributed by atoms with van der Waals surface area (Å²) in [6.07, 6.45) is 1.89. The van der Waals surface area contributed by atoms with Crippen LogP contribution >= 0.6 is 11.3 Å². The number of nitrogens with two attached hydrogens (primary N) is 1. The monoisotopic (exact) mass is 260 g/mol. The van der Waals surface area contributed by atoms with Crippen LogP contribution in [0.25, 0.3) is 0 Å². The van der Waals surface area contributed by atoms with Gasteiger partial charge in [-0.25, -0.2) is 4.98 Å². The van der Waals surface area contributed by atoms with Gasteiger partial charge in [0.1, 0.15) is 0 Å². The smallest absolute Gasteiger partial charge is 0.0949 e. The van der Waals surface area contributed by atoms with E-state index >= 15 is 0 Å². The third-order valence-corrected chi connectivity index (χ3v) is 4.38. The molecule has 0 amide bonds. The molecular formula is C15H20N2S. The van der Waals surface area contributed by atoms with Gasteiger partial charge in [-0.2, -0.15) is 0 Å². The van der Waals surface area contributed by atoms with E-state index in [1.807, 2.05) is 0 Å². The Balaban J connectivity index is 2.08. The van der Waals surface area contributed by atoms with Gasteiger partial charge in [-0.05, 0) is 31.4 Å². The lowest BCUT2D eigenvalue weighted by Gasteiger charge is -2.10. The third-order valence-electron chi connectivity index (χ3n) is 3.28. The summed E-state index contributed by atoms with van der Waals surface area (Å²) >= 11 is 1.75. The summed E-state index contributed by atoms with van der Waals surface area (Å²) in [5, 5.41) is 1.14. The number of rotatable bonds is 4. The van der Waals surface area contributed by atoms with E-state index in [2.05, 4.69) is 50.0 Å².